The number of aliphatic imine (C=N–C) groups is 1. The summed E-state index contributed by atoms with van der Waals surface area (Å²) in [7, 11) is 0. The van der Waals surface area contributed by atoms with E-state index in [0.717, 1.165) is 17.7 Å². The highest BCUT2D eigenvalue weighted by atomic mass is 127. The molecule has 0 atom stereocenters. The maximum atomic E-state index is 13.6. The molecule has 2 rings (SSSR count). The van der Waals surface area contributed by atoms with Crippen LogP contribution in [0.25, 0.3) is 0 Å². The van der Waals surface area contributed by atoms with Gasteiger partial charge in [-0.2, -0.15) is 0 Å². The number of nitrogens with zero attached hydrogens (tertiary/aromatic N) is 1. The lowest BCUT2D eigenvalue weighted by atomic mass is 10.1. The number of guanidine groups is 1. The van der Waals surface area contributed by atoms with E-state index in [9.17, 15) is 4.39 Å². The fourth-order valence-corrected chi connectivity index (χ4v) is 2.13. The third-order valence-electron chi connectivity index (χ3n) is 2.93. The maximum Gasteiger partial charge on any atom is 0.191 e. The Kier molecular flexibility index (Phi) is 7.88. The second kappa shape index (κ2) is 9.14. The first-order valence-corrected chi connectivity index (χ1v) is 7.16. The summed E-state index contributed by atoms with van der Waals surface area (Å²) >= 11 is 0. The van der Waals surface area contributed by atoms with Crippen molar-refractivity contribution in [2.45, 2.75) is 40.0 Å². The van der Waals surface area contributed by atoms with Crippen molar-refractivity contribution in [2.75, 3.05) is 13.3 Å². The molecule has 0 amide bonds. The SMILES string of the molecule is CCNC(=NCc1cc(F)cc2c1OCOC2)NC(C)C.I. The van der Waals surface area contributed by atoms with Crippen LogP contribution in [0.5, 0.6) is 5.75 Å². The molecule has 0 aromatic heterocycles. The third-order valence-corrected chi connectivity index (χ3v) is 2.93. The Morgan fingerprint density at radius 3 is 2.86 bits per heavy atom. The van der Waals surface area contributed by atoms with Crippen LogP contribution in [-0.4, -0.2) is 25.3 Å². The first kappa shape index (κ1) is 19.0. The van der Waals surface area contributed by atoms with Crippen LogP contribution in [0.1, 0.15) is 31.9 Å². The molecule has 0 radical (unpaired) electrons. The zero-order valence-electron chi connectivity index (χ0n) is 13.1. The van der Waals surface area contributed by atoms with Crippen LogP contribution in [0.2, 0.25) is 0 Å². The maximum absolute atomic E-state index is 13.6. The Balaban J connectivity index is 0.00000242. The molecule has 7 heteroatoms. The summed E-state index contributed by atoms with van der Waals surface area (Å²) in [6, 6.07) is 3.18. The van der Waals surface area contributed by atoms with E-state index < -0.39 is 0 Å². The van der Waals surface area contributed by atoms with Crippen molar-refractivity contribution in [1.29, 1.82) is 0 Å². The first-order valence-electron chi connectivity index (χ1n) is 7.16. The standard InChI is InChI=1S/C15H22FN3O2.HI/c1-4-17-15(19-10(2)3)18-7-11-5-13(16)6-12-8-20-9-21-14(11)12;/h5-6,10H,4,7-9H2,1-3H3,(H2,17,18,19);1H. The van der Waals surface area contributed by atoms with Crippen LogP contribution in [0.4, 0.5) is 4.39 Å². The van der Waals surface area contributed by atoms with Crippen LogP contribution in [-0.2, 0) is 17.9 Å². The molecule has 0 unspecified atom stereocenters. The fourth-order valence-electron chi connectivity index (χ4n) is 2.13. The van der Waals surface area contributed by atoms with Gasteiger partial charge in [-0.05, 0) is 32.9 Å². The average Bonchev–Trinajstić information content (AvgIpc) is 2.44. The van der Waals surface area contributed by atoms with Gasteiger partial charge in [-0.1, -0.05) is 0 Å². The second-order valence-electron chi connectivity index (χ2n) is 5.16. The van der Waals surface area contributed by atoms with Crippen molar-refractivity contribution >= 4 is 29.9 Å². The summed E-state index contributed by atoms with van der Waals surface area (Å²) < 4.78 is 24.3. The monoisotopic (exact) mass is 423 g/mol. The van der Waals surface area contributed by atoms with Gasteiger partial charge in [-0.3, -0.25) is 0 Å². The molecular formula is C15H23FIN3O2. The minimum absolute atomic E-state index is 0. The number of rotatable bonds is 4. The van der Waals surface area contributed by atoms with Gasteiger partial charge in [0.25, 0.3) is 0 Å². The first-order chi connectivity index (χ1) is 10.1. The van der Waals surface area contributed by atoms with E-state index >= 15 is 0 Å². The molecule has 0 spiro atoms. The number of halogens is 2. The van der Waals surface area contributed by atoms with E-state index in [0.29, 0.717) is 24.9 Å². The molecule has 1 heterocycles. The quantitative estimate of drug-likeness (QED) is 0.445. The largest absolute Gasteiger partial charge is 0.467 e. The van der Waals surface area contributed by atoms with Gasteiger partial charge in [-0.15, -0.1) is 24.0 Å². The highest BCUT2D eigenvalue weighted by molar-refractivity contribution is 14.0. The Bertz CT molecular complexity index is 524. The van der Waals surface area contributed by atoms with Crippen LogP contribution in [0.3, 0.4) is 0 Å². The molecule has 2 N–H and O–H groups in total. The van der Waals surface area contributed by atoms with E-state index in [1.165, 1.54) is 12.1 Å². The smallest absolute Gasteiger partial charge is 0.191 e. The minimum Gasteiger partial charge on any atom is -0.467 e. The van der Waals surface area contributed by atoms with Crippen molar-refractivity contribution in [3.63, 3.8) is 0 Å². The number of benzene rings is 1. The fraction of sp³-hybridized carbons (Fsp3) is 0.533. The lowest BCUT2D eigenvalue weighted by molar-refractivity contribution is -0.0172. The molecule has 1 aliphatic heterocycles. The molecule has 0 saturated carbocycles. The van der Waals surface area contributed by atoms with Crippen molar-refractivity contribution < 1.29 is 13.9 Å². The molecule has 1 aliphatic rings. The molecule has 124 valence electrons. The number of ether oxygens (including phenoxy) is 2. The Hall–Kier alpha value is -1.09. The molecule has 5 nitrogen and oxygen atoms in total. The van der Waals surface area contributed by atoms with Crippen molar-refractivity contribution in [1.82, 2.24) is 10.6 Å². The summed E-state index contributed by atoms with van der Waals surface area (Å²) in [5, 5.41) is 6.38. The van der Waals surface area contributed by atoms with Gasteiger partial charge in [-0.25, -0.2) is 9.38 Å². The normalized spacial score (nSPS) is 14.0. The van der Waals surface area contributed by atoms with Crippen LogP contribution < -0.4 is 15.4 Å². The Morgan fingerprint density at radius 1 is 1.41 bits per heavy atom. The molecule has 22 heavy (non-hydrogen) atoms. The van der Waals surface area contributed by atoms with Crippen LogP contribution >= 0.6 is 24.0 Å². The number of nitrogens with one attached hydrogen (secondary N) is 2. The zero-order chi connectivity index (χ0) is 15.2. The van der Waals surface area contributed by atoms with Gasteiger partial charge >= 0.3 is 0 Å². The summed E-state index contributed by atoms with van der Waals surface area (Å²) in [5.74, 6) is 1.10. The highest BCUT2D eigenvalue weighted by Crippen LogP contribution is 2.29. The molecule has 0 fully saturated rings. The van der Waals surface area contributed by atoms with Gasteiger partial charge in [0.1, 0.15) is 11.6 Å². The van der Waals surface area contributed by atoms with E-state index in [1.807, 2.05) is 20.8 Å². The number of hydrogen-bond acceptors (Lipinski definition) is 3. The summed E-state index contributed by atoms with van der Waals surface area (Å²) in [6.45, 7) is 7.76. The minimum atomic E-state index is -0.296. The van der Waals surface area contributed by atoms with E-state index in [1.54, 1.807) is 0 Å². The second-order valence-corrected chi connectivity index (χ2v) is 5.16. The van der Waals surface area contributed by atoms with Crippen LogP contribution in [0.15, 0.2) is 17.1 Å². The van der Waals surface area contributed by atoms with Gasteiger partial charge in [0.05, 0.1) is 13.2 Å². The third kappa shape index (κ3) is 5.28. The summed E-state index contributed by atoms with van der Waals surface area (Å²) in [4.78, 5) is 4.48. The number of fused-ring (bicyclic) bond motifs is 1. The molecule has 1 aromatic carbocycles. The van der Waals surface area contributed by atoms with Crippen molar-refractivity contribution in [2.24, 2.45) is 4.99 Å². The predicted molar refractivity (Wildman–Crippen MR) is 95.2 cm³/mol. The average molecular weight is 423 g/mol. The number of hydrogen-bond donors (Lipinski definition) is 2. The van der Waals surface area contributed by atoms with Gasteiger partial charge < -0.3 is 20.1 Å². The molecule has 0 bridgehead atoms. The summed E-state index contributed by atoms with van der Waals surface area (Å²) in [6.07, 6.45) is 0. The Labute approximate surface area is 147 Å². The molecular weight excluding hydrogens is 400 g/mol. The zero-order valence-corrected chi connectivity index (χ0v) is 15.4. The predicted octanol–water partition coefficient (Wildman–Crippen LogP) is 2.77. The van der Waals surface area contributed by atoms with E-state index in [2.05, 4.69) is 15.6 Å². The van der Waals surface area contributed by atoms with E-state index in [-0.39, 0.29) is 42.6 Å². The molecule has 0 saturated heterocycles. The van der Waals surface area contributed by atoms with Gasteiger partial charge in [0, 0.05) is 23.7 Å². The van der Waals surface area contributed by atoms with Crippen molar-refractivity contribution in [3.8, 4) is 5.75 Å². The lowest BCUT2D eigenvalue weighted by Crippen LogP contribution is -2.41. The topological polar surface area (TPSA) is 54.9 Å². The van der Waals surface area contributed by atoms with Crippen molar-refractivity contribution in [3.05, 3.63) is 29.1 Å². The van der Waals surface area contributed by atoms with E-state index in [4.69, 9.17) is 9.47 Å². The van der Waals surface area contributed by atoms with Gasteiger partial charge in [0.2, 0.25) is 0 Å². The molecule has 1 aromatic rings. The lowest BCUT2D eigenvalue weighted by Gasteiger charge is -2.20. The summed E-state index contributed by atoms with van der Waals surface area (Å²) in [5.41, 5.74) is 1.46. The Morgan fingerprint density at radius 2 is 2.18 bits per heavy atom. The molecule has 0 aliphatic carbocycles. The van der Waals surface area contributed by atoms with Gasteiger partial charge in [0.15, 0.2) is 12.8 Å². The highest BCUT2D eigenvalue weighted by Gasteiger charge is 2.16. The van der Waals surface area contributed by atoms with Crippen LogP contribution in [0, 0.1) is 5.82 Å².